The summed E-state index contributed by atoms with van der Waals surface area (Å²) >= 11 is 11.1. The third-order valence-corrected chi connectivity index (χ3v) is 3.09. The predicted octanol–water partition coefficient (Wildman–Crippen LogP) is 4.09. The molecule has 1 N–H and O–H groups in total. The summed E-state index contributed by atoms with van der Waals surface area (Å²) in [7, 11) is 0. The van der Waals surface area contributed by atoms with Crippen molar-refractivity contribution < 1.29 is 22.0 Å². The molecule has 0 amide bonds. The molecule has 2 aromatic heterocycles. The standard InChI is InChI=1S/C11H2Cl2F5N5/c12-4-6(5(13)8(15)22-7(4)14)21-9-3(1-19)2-20-10(23-9)11(16,17)18/h2H,(H,20,21,22,23). The van der Waals surface area contributed by atoms with E-state index >= 15 is 0 Å². The average Bonchev–Trinajstić information content (AvgIpc) is 2.48. The van der Waals surface area contributed by atoms with Gasteiger partial charge in [0.2, 0.25) is 17.7 Å². The van der Waals surface area contributed by atoms with Crippen molar-refractivity contribution in [2.75, 3.05) is 5.32 Å². The number of nitrogens with one attached hydrogen (secondary N) is 1. The number of halogens is 7. The first kappa shape index (κ1) is 17.1. The molecule has 0 fully saturated rings. The van der Waals surface area contributed by atoms with E-state index < -0.39 is 51.0 Å². The van der Waals surface area contributed by atoms with E-state index in [1.165, 1.54) is 6.07 Å². The summed E-state index contributed by atoms with van der Waals surface area (Å²) in [5, 5.41) is 9.39. The van der Waals surface area contributed by atoms with Gasteiger partial charge in [-0.15, -0.1) is 0 Å². The van der Waals surface area contributed by atoms with Crippen molar-refractivity contribution in [2.45, 2.75) is 6.18 Å². The number of aromatic nitrogens is 3. The van der Waals surface area contributed by atoms with Crippen LogP contribution in [0.15, 0.2) is 6.20 Å². The van der Waals surface area contributed by atoms with E-state index in [0.29, 0.717) is 6.20 Å². The zero-order chi connectivity index (χ0) is 17.4. The number of nitriles is 1. The molecule has 0 aliphatic heterocycles. The summed E-state index contributed by atoms with van der Waals surface area (Å²) in [5.74, 6) is -5.13. The van der Waals surface area contributed by atoms with E-state index in [1.54, 1.807) is 0 Å². The molecule has 0 aromatic carbocycles. The van der Waals surface area contributed by atoms with Gasteiger partial charge in [-0.2, -0.15) is 32.2 Å². The first-order valence-electron chi connectivity index (χ1n) is 5.46. The molecule has 120 valence electrons. The van der Waals surface area contributed by atoms with Crippen LogP contribution in [0.5, 0.6) is 0 Å². The molecule has 0 aliphatic rings. The number of hydrogen-bond donors (Lipinski definition) is 1. The van der Waals surface area contributed by atoms with Crippen molar-refractivity contribution >= 4 is 34.7 Å². The molecule has 0 atom stereocenters. The molecule has 0 radical (unpaired) electrons. The lowest BCUT2D eigenvalue weighted by atomic mass is 10.3. The minimum atomic E-state index is -4.90. The van der Waals surface area contributed by atoms with Gasteiger partial charge in [0.15, 0.2) is 5.82 Å². The summed E-state index contributed by atoms with van der Waals surface area (Å²) in [6.07, 6.45) is -4.30. The van der Waals surface area contributed by atoms with Crippen molar-refractivity contribution in [3.8, 4) is 6.07 Å². The van der Waals surface area contributed by atoms with Crippen molar-refractivity contribution in [3.63, 3.8) is 0 Å². The van der Waals surface area contributed by atoms with Gasteiger partial charge in [-0.05, 0) is 0 Å². The number of rotatable bonds is 2. The van der Waals surface area contributed by atoms with Crippen molar-refractivity contribution in [1.82, 2.24) is 15.0 Å². The van der Waals surface area contributed by atoms with E-state index in [2.05, 4.69) is 20.3 Å². The van der Waals surface area contributed by atoms with Crippen LogP contribution in [0.25, 0.3) is 0 Å². The summed E-state index contributed by atoms with van der Waals surface area (Å²) in [6.45, 7) is 0. The first-order valence-corrected chi connectivity index (χ1v) is 6.22. The van der Waals surface area contributed by atoms with Crippen molar-refractivity contribution in [2.24, 2.45) is 0 Å². The van der Waals surface area contributed by atoms with Crippen LogP contribution in [0.3, 0.4) is 0 Å². The maximum Gasteiger partial charge on any atom is 0.451 e. The summed E-state index contributed by atoms with van der Waals surface area (Å²) in [6, 6.07) is 1.52. The fraction of sp³-hybridized carbons (Fsp3) is 0.0909. The molecule has 2 heterocycles. The normalized spacial score (nSPS) is 11.2. The van der Waals surface area contributed by atoms with Crippen LogP contribution >= 0.6 is 23.2 Å². The van der Waals surface area contributed by atoms with Gasteiger partial charge in [-0.3, -0.25) is 0 Å². The molecule has 12 heteroatoms. The highest BCUT2D eigenvalue weighted by molar-refractivity contribution is 6.39. The number of pyridine rings is 1. The zero-order valence-electron chi connectivity index (χ0n) is 10.5. The SMILES string of the molecule is N#Cc1cnc(C(F)(F)F)nc1Nc1c(Cl)c(F)nc(F)c1Cl. The minimum absolute atomic E-state index is 0.428. The fourth-order valence-electron chi connectivity index (χ4n) is 1.41. The highest BCUT2D eigenvalue weighted by atomic mass is 35.5. The average molecular weight is 370 g/mol. The second-order valence-electron chi connectivity index (χ2n) is 3.89. The van der Waals surface area contributed by atoms with Crippen LogP contribution in [0, 0.1) is 23.2 Å². The van der Waals surface area contributed by atoms with Crippen LogP contribution in [0.4, 0.5) is 33.5 Å². The lowest BCUT2D eigenvalue weighted by Gasteiger charge is -2.13. The van der Waals surface area contributed by atoms with E-state index in [-0.39, 0.29) is 0 Å². The zero-order valence-corrected chi connectivity index (χ0v) is 12.0. The number of anilines is 2. The lowest BCUT2D eigenvalue weighted by Crippen LogP contribution is -2.13. The molecule has 0 aliphatic carbocycles. The molecule has 2 rings (SSSR count). The molecule has 23 heavy (non-hydrogen) atoms. The van der Waals surface area contributed by atoms with Crippen LogP contribution in [0.1, 0.15) is 11.4 Å². The molecule has 2 aromatic rings. The monoisotopic (exact) mass is 369 g/mol. The van der Waals surface area contributed by atoms with Crippen LogP contribution in [-0.2, 0) is 6.18 Å². The second kappa shape index (κ2) is 6.10. The Morgan fingerprint density at radius 1 is 1.09 bits per heavy atom. The molecular formula is C11H2Cl2F5N5. The maximum absolute atomic E-state index is 13.3. The largest absolute Gasteiger partial charge is 0.451 e. The van der Waals surface area contributed by atoms with Gasteiger partial charge >= 0.3 is 6.18 Å². The lowest BCUT2D eigenvalue weighted by molar-refractivity contribution is -0.144. The third kappa shape index (κ3) is 3.40. The molecule has 0 saturated heterocycles. The van der Waals surface area contributed by atoms with Crippen molar-refractivity contribution in [3.05, 3.63) is 39.5 Å². The second-order valence-corrected chi connectivity index (χ2v) is 4.64. The molecule has 5 nitrogen and oxygen atoms in total. The van der Waals surface area contributed by atoms with Gasteiger partial charge in [-0.1, -0.05) is 23.2 Å². The molecule has 0 spiro atoms. The predicted molar refractivity (Wildman–Crippen MR) is 69.2 cm³/mol. The summed E-state index contributed by atoms with van der Waals surface area (Å²) in [5.41, 5.74) is -1.05. The fourth-order valence-corrected chi connectivity index (χ4v) is 1.83. The van der Waals surface area contributed by atoms with E-state index in [9.17, 15) is 22.0 Å². The first-order chi connectivity index (χ1) is 10.6. The van der Waals surface area contributed by atoms with Gasteiger partial charge in [0.25, 0.3) is 0 Å². The summed E-state index contributed by atoms with van der Waals surface area (Å²) < 4.78 is 64.5. The quantitative estimate of drug-likeness (QED) is 0.637. The topological polar surface area (TPSA) is 74.5 Å². The van der Waals surface area contributed by atoms with Gasteiger partial charge in [0.1, 0.15) is 21.7 Å². The van der Waals surface area contributed by atoms with Crippen molar-refractivity contribution in [1.29, 1.82) is 5.26 Å². The van der Waals surface area contributed by atoms with Crippen LogP contribution < -0.4 is 5.32 Å². The van der Waals surface area contributed by atoms with E-state index in [0.717, 1.165) is 0 Å². The summed E-state index contributed by atoms with van der Waals surface area (Å²) in [4.78, 5) is 8.84. The number of hydrogen-bond acceptors (Lipinski definition) is 5. The van der Waals surface area contributed by atoms with Crippen LogP contribution in [0.2, 0.25) is 10.0 Å². The Hall–Kier alpha value is -2.25. The Bertz CT molecular complexity index is 792. The maximum atomic E-state index is 13.3. The molecule has 0 bridgehead atoms. The van der Waals surface area contributed by atoms with Gasteiger partial charge < -0.3 is 5.32 Å². The Labute approximate surface area is 134 Å². The van der Waals surface area contributed by atoms with Gasteiger partial charge in [-0.25, -0.2) is 9.97 Å². The number of alkyl halides is 3. The Morgan fingerprint density at radius 3 is 2.13 bits per heavy atom. The smallest absolute Gasteiger partial charge is 0.336 e. The highest BCUT2D eigenvalue weighted by Gasteiger charge is 2.35. The molecule has 0 unspecified atom stereocenters. The van der Waals surface area contributed by atoms with E-state index in [1.807, 2.05) is 0 Å². The Morgan fingerprint density at radius 2 is 1.65 bits per heavy atom. The van der Waals surface area contributed by atoms with Gasteiger partial charge in [0.05, 0.1) is 11.9 Å². The number of nitrogens with zero attached hydrogens (tertiary/aromatic N) is 4. The third-order valence-electron chi connectivity index (χ3n) is 2.40. The van der Waals surface area contributed by atoms with Crippen LogP contribution in [-0.4, -0.2) is 15.0 Å². The minimum Gasteiger partial charge on any atom is -0.336 e. The Kier molecular flexibility index (Phi) is 4.53. The Balaban J connectivity index is 2.59. The molecular weight excluding hydrogens is 368 g/mol. The van der Waals surface area contributed by atoms with E-state index in [4.69, 9.17) is 28.5 Å². The molecule has 0 saturated carbocycles. The van der Waals surface area contributed by atoms with Gasteiger partial charge in [0, 0.05) is 0 Å². The highest BCUT2D eigenvalue weighted by Crippen LogP contribution is 2.36.